The minimum absolute atomic E-state index is 0.0519. The van der Waals surface area contributed by atoms with Crippen molar-refractivity contribution in [1.29, 1.82) is 0 Å². The summed E-state index contributed by atoms with van der Waals surface area (Å²) >= 11 is 3.64. The van der Waals surface area contributed by atoms with E-state index in [9.17, 15) is 24.3 Å². The van der Waals surface area contributed by atoms with Crippen LogP contribution < -0.4 is 22.3 Å². The average Bonchev–Trinajstić information content (AvgIpc) is 3.62. The second kappa shape index (κ2) is 13.2. The maximum absolute atomic E-state index is 13.4. The molecule has 7 N–H and O–H groups in total. The summed E-state index contributed by atoms with van der Waals surface area (Å²) in [6.07, 6.45) is 0. The number of thiazole rings is 1. The molecule has 0 spiro atoms. The van der Waals surface area contributed by atoms with Crippen molar-refractivity contribution in [3.63, 3.8) is 0 Å². The Labute approximate surface area is 273 Å². The number of oxime groups is 1. The summed E-state index contributed by atoms with van der Waals surface area (Å²) in [6, 6.07) is 0.720. The third kappa shape index (κ3) is 6.49. The molecule has 3 aromatic rings. The van der Waals surface area contributed by atoms with Gasteiger partial charge in [-0.2, -0.15) is 9.50 Å². The van der Waals surface area contributed by atoms with Crippen molar-refractivity contribution in [1.82, 2.24) is 40.2 Å². The maximum atomic E-state index is 13.4. The van der Waals surface area contributed by atoms with E-state index in [2.05, 4.69) is 30.5 Å². The van der Waals surface area contributed by atoms with E-state index in [0.29, 0.717) is 22.2 Å². The van der Waals surface area contributed by atoms with Gasteiger partial charge in [-0.15, -0.1) is 40.0 Å². The SMILES string of the molecule is COCc1cc(SCC2=C(C(=O)O)N3C(=O)C(NC(=O)C(=NOC(C)(C)C(=O)NN)c4csc(N)n4)[C@@H]3SC2)nc2nc(C)nn12. The van der Waals surface area contributed by atoms with Gasteiger partial charge in [-0.05, 0) is 32.4 Å². The van der Waals surface area contributed by atoms with Crippen LogP contribution in [0.4, 0.5) is 5.13 Å². The standard InChI is InChI=1S/C25H29N11O7S3/c1-10-28-24-30-14(5-12(6-42-4)36(24)33-10)44-7-11-8-45-20-16(19(38)35(20)17(11)21(39)40)31-18(37)15(13-9-46-23(26)29-13)34-43-25(2,3)22(41)32-27/h5,9,16,20H,6-8,27H2,1-4H3,(H2,26,29)(H,31,37)(H,32,41)(H,39,40)/t16?,20-/m0/s1. The summed E-state index contributed by atoms with van der Waals surface area (Å²) in [4.78, 5) is 70.5. The smallest absolute Gasteiger partial charge is 0.352 e. The van der Waals surface area contributed by atoms with Gasteiger partial charge in [0.2, 0.25) is 5.60 Å². The number of nitrogen functional groups attached to an aromatic ring is 1. The van der Waals surface area contributed by atoms with E-state index < -0.39 is 40.7 Å². The first kappa shape index (κ1) is 33.1. The Balaban J connectivity index is 1.33. The van der Waals surface area contributed by atoms with Gasteiger partial charge in [-0.3, -0.25) is 24.7 Å². The molecule has 2 aliphatic heterocycles. The van der Waals surface area contributed by atoms with Crippen molar-refractivity contribution in [2.75, 3.05) is 24.3 Å². The highest BCUT2D eigenvalue weighted by Crippen LogP contribution is 2.41. The van der Waals surface area contributed by atoms with Crippen molar-refractivity contribution in [3.8, 4) is 0 Å². The van der Waals surface area contributed by atoms with Gasteiger partial charge in [0, 0.05) is 24.0 Å². The molecular weight excluding hydrogens is 663 g/mol. The fourth-order valence-corrected chi connectivity index (χ4v) is 7.42. The van der Waals surface area contributed by atoms with Gasteiger partial charge in [0.05, 0.1) is 12.3 Å². The Morgan fingerprint density at radius 2 is 2.04 bits per heavy atom. The molecule has 2 aliphatic rings. The maximum Gasteiger partial charge on any atom is 0.352 e. The highest BCUT2D eigenvalue weighted by molar-refractivity contribution is 8.01. The third-order valence-corrected chi connectivity index (χ3v) is 9.73. The van der Waals surface area contributed by atoms with Crippen LogP contribution in [0.5, 0.6) is 0 Å². The summed E-state index contributed by atoms with van der Waals surface area (Å²) < 4.78 is 6.86. The zero-order valence-corrected chi connectivity index (χ0v) is 27.3. The quantitative estimate of drug-likeness (QED) is 0.0309. The first-order valence-corrected chi connectivity index (χ1v) is 16.3. The number of β-lactam (4-membered cyclic amide) rings is 1. The number of aryl methyl sites for hydroxylation is 1. The molecule has 244 valence electrons. The lowest BCUT2D eigenvalue weighted by molar-refractivity contribution is -0.150. The van der Waals surface area contributed by atoms with Gasteiger partial charge in [0.15, 0.2) is 10.8 Å². The zero-order valence-electron chi connectivity index (χ0n) is 24.8. The first-order valence-electron chi connectivity index (χ1n) is 13.4. The Morgan fingerprint density at radius 1 is 1.28 bits per heavy atom. The van der Waals surface area contributed by atoms with Crippen LogP contribution in [0.2, 0.25) is 0 Å². The molecule has 1 unspecified atom stereocenters. The molecule has 0 aromatic carbocycles. The molecule has 5 rings (SSSR count). The predicted octanol–water partition coefficient (Wildman–Crippen LogP) is -0.362. The normalized spacial score (nSPS) is 18.3. The monoisotopic (exact) mass is 691 g/mol. The number of nitrogens with one attached hydrogen (secondary N) is 2. The number of methoxy groups -OCH3 is 1. The lowest BCUT2D eigenvalue weighted by atomic mass is 10.0. The Bertz CT molecular complexity index is 1790. The Hall–Kier alpha value is -4.31. The van der Waals surface area contributed by atoms with E-state index in [1.165, 1.54) is 42.8 Å². The number of carboxylic acids is 1. The molecule has 1 saturated heterocycles. The number of hydrogen-bond donors (Lipinski definition) is 5. The van der Waals surface area contributed by atoms with Crippen molar-refractivity contribution in [2.45, 2.75) is 49.4 Å². The number of rotatable bonds is 12. The lowest BCUT2D eigenvalue weighted by Crippen LogP contribution is -2.71. The number of anilines is 1. The van der Waals surface area contributed by atoms with E-state index in [-0.39, 0.29) is 40.3 Å². The molecular formula is C25H29N11O7S3. The van der Waals surface area contributed by atoms with Crippen molar-refractivity contribution in [3.05, 3.63) is 39.9 Å². The summed E-state index contributed by atoms with van der Waals surface area (Å²) in [6.45, 7) is 4.78. The highest BCUT2D eigenvalue weighted by Gasteiger charge is 2.54. The van der Waals surface area contributed by atoms with E-state index in [1.807, 2.05) is 5.43 Å². The predicted molar refractivity (Wildman–Crippen MR) is 167 cm³/mol. The number of nitrogens with two attached hydrogens (primary N) is 2. The second-order valence-corrected chi connectivity index (χ2v) is 13.4. The number of hydrogen-bond acceptors (Lipinski definition) is 16. The summed E-state index contributed by atoms with van der Waals surface area (Å²) in [5.74, 6) is 3.20. The molecule has 5 heterocycles. The number of amides is 3. The molecule has 3 aromatic heterocycles. The third-order valence-electron chi connectivity index (χ3n) is 6.71. The van der Waals surface area contributed by atoms with E-state index >= 15 is 0 Å². The molecule has 0 radical (unpaired) electrons. The highest BCUT2D eigenvalue weighted by atomic mass is 32.2. The Kier molecular flexibility index (Phi) is 9.49. The fraction of sp³-hybridized carbons (Fsp3) is 0.400. The second-order valence-electron chi connectivity index (χ2n) is 10.4. The minimum atomic E-state index is -1.55. The van der Waals surface area contributed by atoms with Crippen molar-refractivity contribution >= 4 is 75.2 Å². The molecule has 3 amide bonds. The molecule has 0 saturated carbocycles. The molecule has 21 heteroatoms. The largest absolute Gasteiger partial charge is 0.477 e. The van der Waals surface area contributed by atoms with Gasteiger partial charge in [-0.25, -0.2) is 20.6 Å². The average molecular weight is 692 g/mol. The number of aromatic nitrogens is 5. The molecule has 0 bridgehead atoms. The van der Waals surface area contributed by atoms with E-state index in [4.69, 9.17) is 21.2 Å². The molecule has 2 atom stereocenters. The van der Waals surface area contributed by atoms with E-state index in [1.54, 1.807) is 24.6 Å². The summed E-state index contributed by atoms with van der Waals surface area (Å²) in [5.41, 5.74) is 6.92. The van der Waals surface area contributed by atoms with Crippen LogP contribution in [0.3, 0.4) is 0 Å². The van der Waals surface area contributed by atoms with Crippen LogP contribution in [-0.4, -0.2) is 99.6 Å². The number of fused-ring (bicyclic) bond motifs is 2. The number of carbonyl (C=O) groups excluding carboxylic acids is 3. The van der Waals surface area contributed by atoms with Gasteiger partial charge in [-0.1, -0.05) is 5.16 Å². The van der Waals surface area contributed by atoms with Crippen molar-refractivity contribution < 1.29 is 33.9 Å². The summed E-state index contributed by atoms with van der Waals surface area (Å²) in [7, 11) is 1.56. The molecule has 46 heavy (non-hydrogen) atoms. The zero-order chi connectivity index (χ0) is 33.3. The molecule has 18 nitrogen and oxygen atoms in total. The van der Waals surface area contributed by atoms with Crippen LogP contribution >= 0.6 is 34.9 Å². The summed E-state index contributed by atoms with van der Waals surface area (Å²) in [5, 5.41) is 22.4. The van der Waals surface area contributed by atoms with Gasteiger partial charge in [0.1, 0.15) is 33.7 Å². The van der Waals surface area contributed by atoms with Crippen LogP contribution in [0.1, 0.15) is 31.1 Å². The minimum Gasteiger partial charge on any atom is -0.477 e. The number of aliphatic carboxylic acids is 1. The number of carboxylic acid groups (broad SMARTS) is 1. The van der Waals surface area contributed by atoms with E-state index in [0.717, 1.165) is 21.9 Å². The van der Waals surface area contributed by atoms with Gasteiger partial charge in [0.25, 0.3) is 23.5 Å². The van der Waals surface area contributed by atoms with Crippen molar-refractivity contribution in [2.24, 2.45) is 11.0 Å². The molecule has 1 fully saturated rings. The van der Waals surface area contributed by atoms with Crippen LogP contribution in [-0.2, 0) is 35.4 Å². The topological polar surface area (TPSA) is 255 Å². The first-order chi connectivity index (χ1) is 21.8. The number of ether oxygens (including phenoxy) is 1. The van der Waals surface area contributed by atoms with Crippen LogP contribution in [0.25, 0.3) is 5.78 Å². The van der Waals surface area contributed by atoms with Crippen LogP contribution in [0.15, 0.2) is 32.9 Å². The fourth-order valence-electron chi connectivity index (χ4n) is 4.47. The molecule has 0 aliphatic carbocycles. The van der Waals surface area contributed by atoms with Gasteiger partial charge >= 0.3 is 5.97 Å². The Morgan fingerprint density at radius 3 is 2.70 bits per heavy atom. The number of hydrazine groups is 1. The number of nitrogens with zero attached hydrogens (tertiary/aromatic N) is 7. The van der Waals surface area contributed by atoms with Crippen LogP contribution in [0, 0.1) is 6.92 Å². The van der Waals surface area contributed by atoms with Gasteiger partial charge < -0.3 is 25.7 Å². The lowest BCUT2D eigenvalue weighted by Gasteiger charge is -2.49. The number of carbonyl (C=O) groups is 4. The number of thioether (sulfide) groups is 2.